The lowest BCUT2D eigenvalue weighted by atomic mass is 9.85. The lowest BCUT2D eigenvalue weighted by Gasteiger charge is -2.30. The molecule has 0 bridgehead atoms. The first kappa shape index (κ1) is 14.8. The highest BCUT2D eigenvalue weighted by Gasteiger charge is 2.25. The van der Waals surface area contributed by atoms with E-state index >= 15 is 0 Å². The zero-order valence-corrected chi connectivity index (χ0v) is 11.9. The van der Waals surface area contributed by atoms with Crippen LogP contribution in [0.15, 0.2) is 0 Å². The zero-order valence-electron chi connectivity index (χ0n) is 11.9. The Kier molecular flexibility index (Phi) is 5.34. The summed E-state index contributed by atoms with van der Waals surface area (Å²) in [5.41, 5.74) is 5.67. The molecule has 7 heteroatoms. The third kappa shape index (κ3) is 3.93. The van der Waals surface area contributed by atoms with Gasteiger partial charge in [-0.3, -0.25) is 0 Å². The Hall–Kier alpha value is -1.63. The fraction of sp³-hybridized carbons (Fsp3) is 0.769. The van der Waals surface area contributed by atoms with Crippen LogP contribution in [0.3, 0.4) is 0 Å². The third-order valence-electron chi connectivity index (χ3n) is 3.53. The number of hydrogen-bond acceptors (Lipinski definition) is 7. The molecular formula is C13H23N5O2. The number of aliphatic hydroxyl groups excluding tert-OH is 1. The predicted octanol–water partition coefficient (Wildman–Crippen LogP) is 1.21. The Morgan fingerprint density at radius 2 is 2.10 bits per heavy atom. The molecule has 2 atom stereocenters. The summed E-state index contributed by atoms with van der Waals surface area (Å²) >= 11 is 0. The van der Waals surface area contributed by atoms with Gasteiger partial charge >= 0.3 is 6.01 Å². The first-order valence-corrected chi connectivity index (χ1v) is 7.24. The molecule has 1 saturated carbocycles. The molecule has 0 radical (unpaired) electrons. The van der Waals surface area contributed by atoms with Crippen molar-refractivity contribution in [3.8, 4) is 6.01 Å². The van der Waals surface area contributed by atoms with Crippen LogP contribution in [0.5, 0.6) is 6.01 Å². The summed E-state index contributed by atoms with van der Waals surface area (Å²) in [4.78, 5) is 12.3. The van der Waals surface area contributed by atoms with Crippen molar-refractivity contribution in [3.63, 3.8) is 0 Å². The van der Waals surface area contributed by atoms with Crippen LogP contribution in [0.1, 0.15) is 39.0 Å². The molecule has 0 amide bonds. The number of nitrogens with two attached hydrogens (primary N) is 1. The summed E-state index contributed by atoms with van der Waals surface area (Å²) < 4.78 is 5.39. The number of hydrogen-bond donors (Lipinski definition) is 3. The molecule has 112 valence electrons. The average molecular weight is 281 g/mol. The lowest BCUT2D eigenvalue weighted by molar-refractivity contribution is 0.177. The molecular weight excluding hydrogens is 258 g/mol. The summed E-state index contributed by atoms with van der Waals surface area (Å²) in [6.45, 7) is 2.74. The largest absolute Gasteiger partial charge is 0.463 e. The standard InChI is InChI=1S/C13H23N5O2/c1-2-7-20-13-17-11(14)16-12(18-13)15-10-6-4-3-5-9(10)8-19/h9-10,19H,2-8H2,1H3,(H3,14,15,16,17,18). The van der Waals surface area contributed by atoms with E-state index in [2.05, 4.69) is 20.3 Å². The monoisotopic (exact) mass is 281 g/mol. The molecule has 1 aromatic heterocycles. The molecule has 7 nitrogen and oxygen atoms in total. The highest BCUT2D eigenvalue weighted by Crippen LogP contribution is 2.26. The molecule has 20 heavy (non-hydrogen) atoms. The molecule has 0 aliphatic heterocycles. The van der Waals surface area contributed by atoms with E-state index in [0.29, 0.717) is 12.6 Å². The van der Waals surface area contributed by atoms with Gasteiger partial charge in [-0.25, -0.2) is 0 Å². The van der Waals surface area contributed by atoms with Gasteiger partial charge in [0.25, 0.3) is 0 Å². The van der Waals surface area contributed by atoms with E-state index in [1.54, 1.807) is 0 Å². The number of rotatable bonds is 6. The summed E-state index contributed by atoms with van der Waals surface area (Å²) in [5, 5.41) is 12.7. The quantitative estimate of drug-likeness (QED) is 0.719. The number of anilines is 2. The van der Waals surface area contributed by atoms with Gasteiger partial charge in [-0.15, -0.1) is 0 Å². The van der Waals surface area contributed by atoms with Crippen molar-refractivity contribution in [1.82, 2.24) is 15.0 Å². The molecule has 1 aromatic rings. The van der Waals surface area contributed by atoms with Gasteiger partial charge in [0, 0.05) is 18.6 Å². The van der Waals surface area contributed by atoms with Crippen LogP contribution in [-0.4, -0.2) is 39.3 Å². The number of aromatic nitrogens is 3. The Morgan fingerprint density at radius 3 is 2.85 bits per heavy atom. The highest BCUT2D eigenvalue weighted by atomic mass is 16.5. The van der Waals surface area contributed by atoms with Crippen LogP contribution < -0.4 is 15.8 Å². The van der Waals surface area contributed by atoms with Crippen LogP contribution in [0.25, 0.3) is 0 Å². The second kappa shape index (κ2) is 7.23. The van der Waals surface area contributed by atoms with Crippen molar-refractivity contribution < 1.29 is 9.84 Å². The number of ether oxygens (including phenoxy) is 1. The normalized spacial score (nSPS) is 22.5. The minimum atomic E-state index is 0.143. The van der Waals surface area contributed by atoms with Crippen molar-refractivity contribution in [2.24, 2.45) is 5.92 Å². The van der Waals surface area contributed by atoms with Gasteiger partial charge in [-0.1, -0.05) is 19.8 Å². The molecule has 1 fully saturated rings. The highest BCUT2D eigenvalue weighted by molar-refractivity contribution is 5.33. The first-order valence-electron chi connectivity index (χ1n) is 7.24. The van der Waals surface area contributed by atoms with Crippen LogP contribution in [0.4, 0.5) is 11.9 Å². The van der Waals surface area contributed by atoms with Crippen molar-refractivity contribution in [2.75, 3.05) is 24.3 Å². The Labute approximate surface area is 119 Å². The van der Waals surface area contributed by atoms with E-state index in [0.717, 1.165) is 32.1 Å². The lowest BCUT2D eigenvalue weighted by Crippen LogP contribution is -2.35. The van der Waals surface area contributed by atoms with Gasteiger partial charge in [-0.05, 0) is 19.3 Å². The molecule has 1 heterocycles. The van der Waals surface area contributed by atoms with Gasteiger partial charge in [0.05, 0.1) is 6.61 Å². The van der Waals surface area contributed by atoms with E-state index in [9.17, 15) is 5.11 Å². The van der Waals surface area contributed by atoms with E-state index in [1.165, 1.54) is 0 Å². The minimum Gasteiger partial charge on any atom is -0.463 e. The SMILES string of the molecule is CCCOc1nc(N)nc(NC2CCCCC2CO)n1. The number of nitrogens with zero attached hydrogens (tertiary/aromatic N) is 3. The number of aliphatic hydroxyl groups is 1. The number of nitrogens with one attached hydrogen (secondary N) is 1. The van der Waals surface area contributed by atoms with Crippen LogP contribution in [0, 0.1) is 5.92 Å². The maximum atomic E-state index is 9.42. The van der Waals surface area contributed by atoms with Crippen molar-refractivity contribution in [1.29, 1.82) is 0 Å². The average Bonchev–Trinajstić information content (AvgIpc) is 2.45. The van der Waals surface area contributed by atoms with E-state index in [1.807, 2.05) is 6.92 Å². The molecule has 0 saturated heterocycles. The summed E-state index contributed by atoms with van der Waals surface area (Å²) in [5.74, 6) is 0.806. The van der Waals surface area contributed by atoms with Crippen LogP contribution >= 0.6 is 0 Å². The van der Waals surface area contributed by atoms with Gasteiger partial charge in [0.2, 0.25) is 11.9 Å². The molecule has 1 aliphatic rings. The fourth-order valence-electron chi connectivity index (χ4n) is 2.48. The van der Waals surface area contributed by atoms with Crippen molar-refractivity contribution in [2.45, 2.75) is 45.1 Å². The predicted molar refractivity (Wildman–Crippen MR) is 76.5 cm³/mol. The summed E-state index contributed by atoms with van der Waals surface area (Å²) in [7, 11) is 0. The Balaban J connectivity index is 2.05. The first-order chi connectivity index (χ1) is 9.72. The maximum absolute atomic E-state index is 9.42. The number of nitrogen functional groups attached to an aromatic ring is 1. The Bertz CT molecular complexity index is 429. The molecule has 0 spiro atoms. The van der Waals surface area contributed by atoms with Gasteiger partial charge in [0.15, 0.2) is 0 Å². The third-order valence-corrected chi connectivity index (χ3v) is 3.53. The fourth-order valence-corrected chi connectivity index (χ4v) is 2.48. The maximum Gasteiger partial charge on any atom is 0.323 e. The van der Waals surface area contributed by atoms with E-state index in [4.69, 9.17) is 10.5 Å². The molecule has 1 aliphatic carbocycles. The molecule has 0 aromatic carbocycles. The van der Waals surface area contributed by atoms with Crippen molar-refractivity contribution >= 4 is 11.9 Å². The van der Waals surface area contributed by atoms with E-state index < -0.39 is 0 Å². The van der Waals surface area contributed by atoms with Gasteiger partial charge in [0.1, 0.15) is 0 Å². The molecule has 2 unspecified atom stereocenters. The van der Waals surface area contributed by atoms with Gasteiger partial charge < -0.3 is 20.9 Å². The topological polar surface area (TPSA) is 106 Å². The van der Waals surface area contributed by atoms with E-state index in [-0.39, 0.29) is 30.5 Å². The second-order valence-corrected chi connectivity index (χ2v) is 5.13. The van der Waals surface area contributed by atoms with Crippen molar-refractivity contribution in [3.05, 3.63) is 0 Å². The second-order valence-electron chi connectivity index (χ2n) is 5.13. The zero-order chi connectivity index (χ0) is 14.4. The van der Waals surface area contributed by atoms with Crippen LogP contribution in [0.2, 0.25) is 0 Å². The molecule has 4 N–H and O–H groups in total. The molecule has 2 rings (SSSR count). The Morgan fingerprint density at radius 1 is 1.30 bits per heavy atom. The summed E-state index contributed by atoms with van der Waals surface area (Å²) in [6, 6.07) is 0.424. The van der Waals surface area contributed by atoms with Crippen LogP contribution in [-0.2, 0) is 0 Å². The smallest absolute Gasteiger partial charge is 0.323 e. The van der Waals surface area contributed by atoms with Gasteiger partial charge in [-0.2, -0.15) is 15.0 Å². The summed E-state index contributed by atoms with van der Waals surface area (Å²) in [6.07, 6.45) is 5.21. The minimum absolute atomic E-state index is 0.143.